The maximum Gasteiger partial charge on any atom is 0.137 e. The summed E-state index contributed by atoms with van der Waals surface area (Å²) in [6.45, 7) is 27.7. The van der Waals surface area contributed by atoms with E-state index >= 15 is 0 Å². The van der Waals surface area contributed by atoms with Gasteiger partial charge in [0.15, 0.2) is 0 Å². The molecule has 68 heavy (non-hydrogen) atoms. The number of aryl methyl sites for hydroxylation is 3. The first-order valence-electron chi connectivity index (χ1n) is 24.1. The largest absolute Gasteiger partial charge is 0.457 e. The Morgan fingerprint density at radius 1 is 0.456 bits per heavy atom. The Morgan fingerprint density at radius 2 is 1.01 bits per heavy atom. The number of aromatic nitrogens is 2. The van der Waals surface area contributed by atoms with E-state index in [1.807, 2.05) is 6.20 Å². The lowest BCUT2D eigenvalue weighted by Crippen LogP contribution is -2.24. The molecule has 342 valence electrons. The molecule has 0 saturated carbocycles. The number of anilines is 4. The second-order valence-electron chi connectivity index (χ2n) is 22.0. The van der Waals surface area contributed by atoms with Crippen LogP contribution in [-0.4, -0.2) is 16.2 Å². The maximum absolute atomic E-state index is 7.10. The molecule has 5 heteroatoms. The zero-order chi connectivity index (χ0) is 47.9. The molecule has 0 saturated heterocycles. The Balaban J connectivity index is 1.09. The topological polar surface area (TPSA) is 33.5 Å². The lowest BCUT2D eigenvalue weighted by Gasteiger charge is -2.25. The zero-order valence-corrected chi connectivity index (χ0v) is 41.9. The van der Waals surface area contributed by atoms with Gasteiger partial charge in [0, 0.05) is 46.0 Å². The van der Waals surface area contributed by atoms with Crippen LogP contribution in [-0.2, 0) is 16.2 Å². The van der Waals surface area contributed by atoms with Crippen molar-refractivity contribution in [1.29, 1.82) is 0 Å². The summed E-state index contributed by atoms with van der Waals surface area (Å²) in [4.78, 5) is 10.1. The molecule has 0 radical (unpaired) electrons. The van der Waals surface area contributed by atoms with Crippen LogP contribution < -0.4 is 14.5 Å². The third kappa shape index (κ3) is 8.23. The molecule has 0 N–H and O–H groups in total. The van der Waals surface area contributed by atoms with E-state index in [4.69, 9.17) is 9.72 Å². The quantitative estimate of drug-likeness (QED) is 0.160. The molecule has 0 unspecified atom stereocenters. The van der Waals surface area contributed by atoms with Crippen LogP contribution >= 0.6 is 0 Å². The van der Waals surface area contributed by atoms with E-state index < -0.39 is 0 Å². The number of hydrogen-bond acceptors (Lipinski definition) is 4. The van der Waals surface area contributed by atoms with E-state index in [2.05, 4.69) is 249 Å². The Hall–Kier alpha value is -7.11. The molecular weight excluding hydrogens is 829 g/mol. The number of ether oxygens (including phenoxy) is 1. The van der Waals surface area contributed by atoms with Crippen molar-refractivity contribution in [2.24, 2.45) is 0 Å². The number of rotatable bonds is 7. The fourth-order valence-corrected chi connectivity index (χ4v) is 10.0. The van der Waals surface area contributed by atoms with Crippen molar-refractivity contribution < 1.29 is 4.74 Å². The highest BCUT2D eigenvalue weighted by molar-refractivity contribution is 6.10. The number of benzene rings is 7. The molecule has 0 spiro atoms. The van der Waals surface area contributed by atoms with Crippen molar-refractivity contribution in [3.63, 3.8) is 0 Å². The van der Waals surface area contributed by atoms with Gasteiger partial charge in [-0.05, 0) is 148 Å². The van der Waals surface area contributed by atoms with Gasteiger partial charge in [0.2, 0.25) is 0 Å². The molecular formula is C63H64N4O. The summed E-state index contributed by atoms with van der Waals surface area (Å²) in [6, 6.07) is 55.7. The lowest BCUT2D eigenvalue weighted by molar-refractivity contribution is 0.483. The van der Waals surface area contributed by atoms with Gasteiger partial charge >= 0.3 is 0 Å². The zero-order valence-electron chi connectivity index (χ0n) is 41.9. The summed E-state index contributed by atoms with van der Waals surface area (Å²) in [5.41, 5.74) is 19.1. The lowest BCUT2D eigenvalue weighted by atomic mass is 9.86. The van der Waals surface area contributed by atoms with E-state index in [1.54, 1.807) is 0 Å². The number of para-hydroxylation sites is 2. The van der Waals surface area contributed by atoms with Crippen LogP contribution in [0.1, 0.15) is 95.7 Å². The SMILES string of the molecule is Cc1cc(-n2c3cc(Oc4cc(-c5c(C)cccc5C)cc(N5CN(c6ccc(C(C)(C)C)cc6)c6ccccc65)c4)ccc3c3ccc(C(C)(C)C)cc32)ncc1-c1ccc(C(C)(C)C)cc1. The van der Waals surface area contributed by atoms with Crippen LogP contribution in [0.25, 0.3) is 49.9 Å². The highest BCUT2D eigenvalue weighted by Gasteiger charge is 2.29. The van der Waals surface area contributed by atoms with Crippen molar-refractivity contribution in [1.82, 2.24) is 9.55 Å². The Labute approximate surface area is 403 Å². The molecule has 1 aliphatic rings. The van der Waals surface area contributed by atoms with Gasteiger partial charge in [-0.1, -0.05) is 141 Å². The number of fused-ring (bicyclic) bond motifs is 4. The third-order valence-electron chi connectivity index (χ3n) is 14.0. The summed E-state index contributed by atoms with van der Waals surface area (Å²) in [6.07, 6.45) is 2.04. The van der Waals surface area contributed by atoms with E-state index in [0.717, 1.165) is 56.2 Å². The predicted octanol–water partition coefficient (Wildman–Crippen LogP) is 17.4. The van der Waals surface area contributed by atoms with Crippen LogP contribution in [0.15, 0.2) is 158 Å². The van der Waals surface area contributed by atoms with Crippen LogP contribution in [0.3, 0.4) is 0 Å². The molecule has 7 aromatic carbocycles. The van der Waals surface area contributed by atoms with E-state index in [0.29, 0.717) is 6.67 Å². The van der Waals surface area contributed by atoms with Crippen molar-refractivity contribution in [3.8, 4) is 39.6 Å². The standard InChI is InChI=1S/C63H64N4O/c1-40-16-15-17-41(2)60(40)44-33-49(66-39-65(55-18-13-14-19-56(55)66)48-27-24-46(25-28-48)62(7,8)9)36-51(34-44)68-50-29-31-53-52-30-26-47(63(10,11)12)35-57(52)67(58(53)37-50)59-32-42(3)54(38-64-59)43-20-22-45(23-21-43)61(4,5)6/h13-38H,39H2,1-12H3. The summed E-state index contributed by atoms with van der Waals surface area (Å²) in [7, 11) is 0. The number of hydrogen-bond donors (Lipinski definition) is 0. The van der Waals surface area contributed by atoms with Crippen LogP contribution in [0.4, 0.5) is 22.7 Å². The average molecular weight is 893 g/mol. The van der Waals surface area contributed by atoms with Crippen LogP contribution in [0, 0.1) is 20.8 Å². The second kappa shape index (κ2) is 16.6. The van der Waals surface area contributed by atoms with Crippen LogP contribution in [0.5, 0.6) is 11.5 Å². The Bertz CT molecular complexity index is 3350. The summed E-state index contributed by atoms with van der Waals surface area (Å²) < 4.78 is 9.43. The van der Waals surface area contributed by atoms with Gasteiger partial charge in [0.1, 0.15) is 24.0 Å². The Morgan fingerprint density at radius 3 is 1.62 bits per heavy atom. The smallest absolute Gasteiger partial charge is 0.137 e. The molecule has 2 aromatic heterocycles. The molecule has 0 bridgehead atoms. The summed E-state index contributed by atoms with van der Waals surface area (Å²) >= 11 is 0. The Kier molecular flexibility index (Phi) is 10.9. The molecule has 0 atom stereocenters. The molecule has 0 aliphatic carbocycles. The molecule has 0 amide bonds. The first kappa shape index (κ1) is 44.7. The van der Waals surface area contributed by atoms with Gasteiger partial charge < -0.3 is 14.5 Å². The fraction of sp³-hybridized carbons (Fsp3) is 0.254. The van der Waals surface area contributed by atoms with Gasteiger partial charge in [0.25, 0.3) is 0 Å². The summed E-state index contributed by atoms with van der Waals surface area (Å²) in [5.74, 6) is 2.42. The molecule has 3 heterocycles. The number of pyridine rings is 1. The first-order valence-corrected chi connectivity index (χ1v) is 24.1. The molecule has 9 aromatic rings. The van der Waals surface area contributed by atoms with E-state index in [1.165, 1.54) is 61.3 Å². The van der Waals surface area contributed by atoms with Crippen molar-refractivity contribution >= 4 is 44.6 Å². The van der Waals surface area contributed by atoms with Crippen molar-refractivity contribution in [2.75, 3.05) is 16.5 Å². The maximum atomic E-state index is 7.10. The van der Waals surface area contributed by atoms with Gasteiger partial charge in [-0.25, -0.2) is 4.98 Å². The number of nitrogens with zero attached hydrogens (tertiary/aromatic N) is 4. The third-order valence-corrected chi connectivity index (χ3v) is 14.0. The van der Waals surface area contributed by atoms with Crippen molar-refractivity contribution in [3.05, 3.63) is 191 Å². The molecule has 10 rings (SSSR count). The first-order chi connectivity index (χ1) is 32.3. The monoisotopic (exact) mass is 893 g/mol. The molecule has 1 aliphatic heterocycles. The average Bonchev–Trinajstić information content (AvgIpc) is 3.84. The van der Waals surface area contributed by atoms with Crippen molar-refractivity contribution in [2.45, 2.75) is 99.3 Å². The second-order valence-corrected chi connectivity index (χ2v) is 22.0. The minimum Gasteiger partial charge on any atom is -0.457 e. The molecule has 0 fully saturated rings. The minimum atomic E-state index is -0.0296. The minimum absolute atomic E-state index is 0.0296. The van der Waals surface area contributed by atoms with Gasteiger partial charge in [-0.3, -0.25) is 4.57 Å². The summed E-state index contributed by atoms with van der Waals surface area (Å²) in [5, 5.41) is 2.34. The van der Waals surface area contributed by atoms with Gasteiger partial charge in [0.05, 0.1) is 22.4 Å². The molecule has 5 nitrogen and oxygen atoms in total. The van der Waals surface area contributed by atoms with Crippen LogP contribution in [0.2, 0.25) is 0 Å². The van der Waals surface area contributed by atoms with Gasteiger partial charge in [-0.15, -0.1) is 0 Å². The van der Waals surface area contributed by atoms with E-state index in [9.17, 15) is 0 Å². The normalized spacial score (nSPS) is 13.2. The van der Waals surface area contributed by atoms with Gasteiger partial charge in [-0.2, -0.15) is 0 Å². The highest BCUT2D eigenvalue weighted by Crippen LogP contribution is 2.47. The fourth-order valence-electron chi connectivity index (χ4n) is 10.0. The predicted molar refractivity (Wildman–Crippen MR) is 288 cm³/mol. The van der Waals surface area contributed by atoms with E-state index in [-0.39, 0.29) is 16.2 Å². The highest BCUT2D eigenvalue weighted by atomic mass is 16.5.